The molecular weight excluding hydrogens is 216 g/mol. The highest BCUT2D eigenvalue weighted by Gasteiger charge is 2.14. The van der Waals surface area contributed by atoms with Crippen LogP contribution >= 0.6 is 11.8 Å². The number of aryl methyl sites for hydroxylation is 1. The molecule has 2 N–H and O–H groups in total. The molecule has 0 spiro atoms. The first-order chi connectivity index (χ1) is 7.61. The van der Waals surface area contributed by atoms with Crippen LogP contribution in [-0.2, 0) is 6.54 Å². The van der Waals surface area contributed by atoms with Gasteiger partial charge in [0, 0.05) is 31.1 Å². The molecule has 0 fully saturated rings. The Labute approximate surface area is 103 Å². The summed E-state index contributed by atoms with van der Waals surface area (Å²) >= 11 is 1.88. The SMILES string of the molecule is CSCC(C)N(C)c1c(C)cccc1CN. The van der Waals surface area contributed by atoms with Gasteiger partial charge in [-0.15, -0.1) is 0 Å². The Morgan fingerprint density at radius 3 is 2.69 bits per heavy atom. The Kier molecular flexibility index (Phi) is 5.16. The van der Waals surface area contributed by atoms with E-state index in [1.165, 1.54) is 16.8 Å². The number of benzene rings is 1. The van der Waals surface area contributed by atoms with Crippen LogP contribution in [0.2, 0.25) is 0 Å². The van der Waals surface area contributed by atoms with Gasteiger partial charge in [-0.2, -0.15) is 11.8 Å². The minimum atomic E-state index is 0.529. The average Bonchev–Trinajstić information content (AvgIpc) is 2.28. The van der Waals surface area contributed by atoms with Crippen LogP contribution in [0.1, 0.15) is 18.1 Å². The van der Waals surface area contributed by atoms with Crippen LogP contribution in [0.5, 0.6) is 0 Å². The van der Waals surface area contributed by atoms with E-state index in [-0.39, 0.29) is 0 Å². The van der Waals surface area contributed by atoms with E-state index in [0.29, 0.717) is 12.6 Å². The highest BCUT2D eigenvalue weighted by Crippen LogP contribution is 2.26. The highest BCUT2D eigenvalue weighted by atomic mass is 32.2. The third-order valence-electron chi connectivity index (χ3n) is 2.96. The van der Waals surface area contributed by atoms with Crippen molar-refractivity contribution < 1.29 is 0 Å². The van der Waals surface area contributed by atoms with Crippen molar-refractivity contribution in [2.75, 3.05) is 24.0 Å². The zero-order valence-corrected chi connectivity index (χ0v) is 11.5. The third kappa shape index (κ3) is 2.92. The second-order valence-corrected chi connectivity index (χ2v) is 5.11. The molecule has 90 valence electrons. The fourth-order valence-corrected chi connectivity index (χ4v) is 2.67. The lowest BCUT2D eigenvalue weighted by atomic mass is 10.1. The molecule has 1 aromatic carbocycles. The van der Waals surface area contributed by atoms with Gasteiger partial charge in [-0.1, -0.05) is 18.2 Å². The second-order valence-electron chi connectivity index (χ2n) is 4.20. The van der Waals surface area contributed by atoms with E-state index >= 15 is 0 Å². The van der Waals surface area contributed by atoms with E-state index < -0.39 is 0 Å². The minimum absolute atomic E-state index is 0.529. The number of hydrogen-bond donors (Lipinski definition) is 1. The predicted molar refractivity (Wildman–Crippen MR) is 75.3 cm³/mol. The molecule has 0 saturated heterocycles. The molecule has 1 rings (SSSR count). The van der Waals surface area contributed by atoms with Crippen LogP contribution in [0.15, 0.2) is 18.2 Å². The summed E-state index contributed by atoms with van der Waals surface area (Å²) in [6, 6.07) is 6.87. The summed E-state index contributed by atoms with van der Waals surface area (Å²) in [6.07, 6.45) is 2.14. The predicted octanol–water partition coefficient (Wildman–Crippen LogP) is 2.64. The number of para-hydroxylation sites is 1. The molecular formula is C13H22N2S. The van der Waals surface area contributed by atoms with Crippen LogP contribution in [0.25, 0.3) is 0 Å². The standard InChI is InChI=1S/C13H22N2S/c1-10-6-5-7-12(8-14)13(10)15(3)11(2)9-16-4/h5-7,11H,8-9,14H2,1-4H3. The summed E-state index contributed by atoms with van der Waals surface area (Å²) in [6.45, 7) is 5.01. The summed E-state index contributed by atoms with van der Waals surface area (Å²) in [4.78, 5) is 2.34. The van der Waals surface area contributed by atoms with Crippen molar-refractivity contribution in [2.45, 2.75) is 26.4 Å². The molecule has 1 unspecified atom stereocenters. The van der Waals surface area contributed by atoms with Gasteiger partial charge in [0.1, 0.15) is 0 Å². The Hall–Kier alpha value is -0.670. The van der Waals surface area contributed by atoms with Gasteiger partial charge in [0.05, 0.1) is 0 Å². The van der Waals surface area contributed by atoms with Crippen molar-refractivity contribution in [3.63, 3.8) is 0 Å². The zero-order valence-electron chi connectivity index (χ0n) is 10.7. The first-order valence-corrected chi connectivity index (χ1v) is 7.01. The number of nitrogens with two attached hydrogens (primary N) is 1. The fraction of sp³-hybridized carbons (Fsp3) is 0.538. The molecule has 0 amide bonds. The van der Waals surface area contributed by atoms with E-state index in [0.717, 1.165) is 5.75 Å². The van der Waals surface area contributed by atoms with Crippen LogP contribution < -0.4 is 10.6 Å². The van der Waals surface area contributed by atoms with Gasteiger partial charge in [-0.3, -0.25) is 0 Å². The van der Waals surface area contributed by atoms with Gasteiger partial charge >= 0.3 is 0 Å². The van der Waals surface area contributed by atoms with Crippen LogP contribution in [0, 0.1) is 6.92 Å². The summed E-state index contributed by atoms with van der Waals surface area (Å²) in [5, 5.41) is 0. The summed E-state index contributed by atoms with van der Waals surface area (Å²) in [5.74, 6) is 1.13. The molecule has 0 aromatic heterocycles. The fourth-order valence-electron chi connectivity index (χ4n) is 1.96. The van der Waals surface area contributed by atoms with Gasteiger partial charge in [-0.25, -0.2) is 0 Å². The van der Waals surface area contributed by atoms with Crippen molar-refractivity contribution >= 4 is 17.4 Å². The molecule has 3 heteroatoms. The molecule has 0 aliphatic heterocycles. The maximum atomic E-state index is 5.80. The lowest BCUT2D eigenvalue weighted by Crippen LogP contribution is -2.32. The van der Waals surface area contributed by atoms with Gasteiger partial charge in [-0.05, 0) is 31.2 Å². The topological polar surface area (TPSA) is 29.3 Å². The number of hydrogen-bond acceptors (Lipinski definition) is 3. The first-order valence-electron chi connectivity index (χ1n) is 5.62. The minimum Gasteiger partial charge on any atom is -0.371 e. The summed E-state index contributed by atoms with van der Waals surface area (Å²) < 4.78 is 0. The highest BCUT2D eigenvalue weighted by molar-refractivity contribution is 7.98. The van der Waals surface area contributed by atoms with E-state index in [1.807, 2.05) is 11.8 Å². The molecule has 16 heavy (non-hydrogen) atoms. The van der Waals surface area contributed by atoms with E-state index in [4.69, 9.17) is 5.73 Å². The van der Waals surface area contributed by atoms with E-state index in [9.17, 15) is 0 Å². The maximum Gasteiger partial charge on any atom is 0.0441 e. The van der Waals surface area contributed by atoms with Gasteiger partial charge < -0.3 is 10.6 Å². The van der Waals surface area contributed by atoms with Gasteiger partial charge in [0.2, 0.25) is 0 Å². The monoisotopic (exact) mass is 238 g/mol. The Morgan fingerprint density at radius 1 is 1.44 bits per heavy atom. The molecule has 0 radical (unpaired) electrons. The van der Waals surface area contributed by atoms with Crippen LogP contribution in [-0.4, -0.2) is 25.1 Å². The first kappa shape index (κ1) is 13.4. The van der Waals surface area contributed by atoms with Gasteiger partial charge in [0.25, 0.3) is 0 Å². The summed E-state index contributed by atoms with van der Waals surface area (Å²) in [5.41, 5.74) is 9.63. The molecule has 0 aliphatic carbocycles. The Morgan fingerprint density at radius 2 is 2.12 bits per heavy atom. The molecule has 1 atom stereocenters. The number of thioether (sulfide) groups is 1. The van der Waals surface area contributed by atoms with Crippen molar-refractivity contribution in [3.8, 4) is 0 Å². The lowest BCUT2D eigenvalue weighted by molar-refractivity contribution is 0.757. The Balaban J connectivity index is 3.01. The van der Waals surface area contributed by atoms with E-state index in [2.05, 4.69) is 50.2 Å². The van der Waals surface area contributed by atoms with Crippen molar-refractivity contribution in [1.29, 1.82) is 0 Å². The van der Waals surface area contributed by atoms with E-state index in [1.54, 1.807) is 0 Å². The number of anilines is 1. The molecule has 1 aromatic rings. The second kappa shape index (κ2) is 6.16. The molecule has 2 nitrogen and oxygen atoms in total. The number of rotatable bonds is 5. The Bertz CT molecular complexity index is 339. The third-order valence-corrected chi connectivity index (χ3v) is 3.78. The van der Waals surface area contributed by atoms with Crippen molar-refractivity contribution in [2.24, 2.45) is 5.73 Å². The normalized spacial score (nSPS) is 12.6. The van der Waals surface area contributed by atoms with Crippen molar-refractivity contribution in [1.82, 2.24) is 0 Å². The largest absolute Gasteiger partial charge is 0.371 e. The average molecular weight is 238 g/mol. The lowest BCUT2D eigenvalue weighted by Gasteiger charge is -2.30. The summed E-state index contributed by atoms with van der Waals surface area (Å²) in [7, 11) is 2.16. The van der Waals surface area contributed by atoms with Crippen LogP contribution in [0.4, 0.5) is 5.69 Å². The number of nitrogens with zero attached hydrogens (tertiary/aromatic N) is 1. The molecule has 0 aliphatic rings. The molecule has 0 saturated carbocycles. The molecule has 0 bridgehead atoms. The van der Waals surface area contributed by atoms with Crippen molar-refractivity contribution in [3.05, 3.63) is 29.3 Å². The maximum absolute atomic E-state index is 5.80. The smallest absolute Gasteiger partial charge is 0.0441 e. The van der Waals surface area contributed by atoms with Gasteiger partial charge in [0.15, 0.2) is 0 Å². The zero-order chi connectivity index (χ0) is 12.1. The van der Waals surface area contributed by atoms with Crippen LogP contribution in [0.3, 0.4) is 0 Å². The quantitative estimate of drug-likeness (QED) is 0.855. The molecule has 0 heterocycles.